The van der Waals surface area contributed by atoms with Gasteiger partial charge in [0, 0.05) is 25.8 Å². The van der Waals surface area contributed by atoms with Crippen LogP contribution in [0.5, 0.6) is 11.5 Å². The van der Waals surface area contributed by atoms with Crippen LogP contribution >= 0.6 is 0 Å². The van der Waals surface area contributed by atoms with Crippen LogP contribution < -0.4 is 9.47 Å². The number of aliphatic hydroxyl groups excluding tert-OH is 1. The van der Waals surface area contributed by atoms with Gasteiger partial charge >= 0.3 is 0 Å². The highest BCUT2D eigenvalue weighted by Gasteiger charge is 2.45. The van der Waals surface area contributed by atoms with Gasteiger partial charge in [-0.2, -0.15) is 0 Å². The minimum Gasteiger partial charge on any atom is -0.507 e. The highest BCUT2D eigenvalue weighted by Crippen LogP contribution is 2.41. The molecule has 1 atom stereocenters. The van der Waals surface area contributed by atoms with Crippen molar-refractivity contribution in [3.8, 4) is 11.5 Å². The molecule has 0 saturated carbocycles. The summed E-state index contributed by atoms with van der Waals surface area (Å²) in [4.78, 5) is 27.4. The SMILES string of the molecule is COCCCN1C(=O)C(=O)/C(=C(\O)c2ccc3c(c2)OCCO3)C1c1cccc(C)c1. The van der Waals surface area contributed by atoms with Gasteiger partial charge in [0.2, 0.25) is 0 Å². The molecule has 0 aromatic heterocycles. The standard InChI is InChI=1S/C24H25NO6/c1-15-5-3-6-16(13-15)21-20(23(27)24(28)25(21)9-4-10-29-2)22(26)17-7-8-18-19(14-17)31-12-11-30-18/h3,5-8,13-14,21,26H,4,9-12H2,1-2H3/b22-20-. The molecule has 1 saturated heterocycles. The molecule has 1 unspecified atom stereocenters. The van der Waals surface area contributed by atoms with E-state index >= 15 is 0 Å². The number of Topliss-reactive ketones (excluding diaryl/α,β-unsaturated/α-hetero) is 1. The first kappa shape index (κ1) is 20.9. The predicted molar refractivity (Wildman–Crippen MR) is 114 cm³/mol. The number of ketones is 1. The third-order valence-corrected chi connectivity index (χ3v) is 5.46. The fourth-order valence-electron chi connectivity index (χ4n) is 4.02. The zero-order valence-corrected chi connectivity index (χ0v) is 17.6. The number of benzene rings is 2. The number of carbonyl (C=O) groups excluding carboxylic acids is 2. The van der Waals surface area contributed by atoms with Crippen LogP contribution in [0, 0.1) is 6.92 Å². The number of carbonyl (C=O) groups is 2. The summed E-state index contributed by atoms with van der Waals surface area (Å²) < 4.78 is 16.2. The number of rotatable bonds is 6. The maximum absolute atomic E-state index is 13.0. The second-order valence-electron chi connectivity index (χ2n) is 7.61. The molecule has 2 aliphatic heterocycles. The van der Waals surface area contributed by atoms with Gasteiger partial charge in [-0.3, -0.25) is 9.59 Å². The van der Waals surface area contributed by atoms with Crippen LogP contribution in [-0.4, -0.2) is 55.2 Å². The summed E-state index contributed by atoms with van der Waals surface area (Å²) in [6.07, 6.45) is 0.579. The van der Waals surface area contributed by atoms with Crippen molar-refractivity contribution in [3.63, 3.8) is 0 Å². The van der Waals surface area contributed by atoms with Gasteiger partial charge in [-0.15, -0.1) is 0 Å². The lowest BCUT2D eigenvalue weighted by atomic mass is 9.94. The van der Waals surface area contributed by atoms with E-state index in [-0.39, 0.29) is 11.3 Å². The maximum atomic E-state index is 13.0. The number of aryl methyl sites for hydroxylation is 1. The van der Waals surface area contributed by atoms with Crippen molar-refractivity contribution in [1.82, 2.24) is 4.90 Å². The molecule has 7 nitrogen and oxygen atoms in total. The molecule has 1 amide bonds. The molecule has 1 N–H and O–H groups in total. The Morgan fingerprint density at radius 1 is 1.13 bits per heavy atom. The van der Waals surface area contributed by atoms with Gasteiger partial charge in [0.25, 0.3) is 11.7 Å². The minimum atomic E-state index is -0.698. The van der Waals surface area contributed by atoms with Crippen molar-refractivity contribution in [2.75, 3.05) is 33.5 Å². The number of fused-ring (bicyclic) bond motifs is 1. The monoisotopic (exact) mass is 423 g/mol. The summed E-state index contributed by atoms with van der Waals surface area (Å²) >= 11 is 0. The van der Waals surface area contributed by atoms with Crippen LogP contribution in [0.3, 0.4) is 0 Å². The van der Waals surface area contributed by atoms with Gasteiger partial charge in [0.1, 0.15) is 19.0 Å². The average Bonchev–Trinajstić information content (AvgIpc) is 3.03. The molecule has 0 bridgehead atoms. The zero-order valence-electron chi connectivity index (χ0n) is 17.6. The molecule has 0 radical (unpaired) electrons. The first-order valence-corrected chi connectivity index (χ1v) is 10.2. The summed E-state index contributed by atoms with van der Waals surface area (Å²) in [6, 6.07) is 11.9. The van der Waals surface area contributed by atoms with Crippen molar-refractivity contribution in [3.05, 3.63) is 64.7 Å². The molecule has 1 fully saturated rings. The quantitative estimate of drug-likeness (QED) is 0.332. The van der Waals surface area contributed by atoms with Gasteiger partial charge in [-0.05, 0) is 37.1 Å². The molecule has 0 aliphatic carbocycles. The van der Waals surface area contributed by atoms with Crippen molar-refractivity contribution >= 4 is 17.4 Å². The van der Waals surface area contributed by atoms with E-state index in [4.69, 9.17) is 14.2 Å². The Hall–Kier alpha value is -3.32. The Morgan fingerprint density at radius 3 is 2.65 bits per heavy atom. The Labute approximate surface area is 180 Å². The lowest BCUT2D eigenvalue weighted by Crippen LogP contribution is -2.31. The van der Waals surface area contributed by atoms with Crippen LogP contribution in [0.2, 0.25) is 0 Å². The van der Waals surface area contributed by atoms with E-state index in [0.717, 1.165) is 11.1 Å². The van der Waals surface area contributed by atoms with E-state index < -0.39 is 17.7 Å². The molecule has 0 spiro atoms. The van der Waals surface area contributed by atoms with Crippen molar-refractivity contribution in [2.24, 2.45) is 0 Å². The molecule has 162 valence electrons. The summed E-state index contributed by atoms with van der Waals surface area (Å²) in [6.45, 7) is 3.62. The lowest BCUT2D eigenvalue weighted by molar-refractivity contribution is -0.140. The highest BCUT2D eigenvalue weighted by molar-refractivity contribution is 6.46. The van der Waals surface area contributed by atoms with E-state index in [0.29, 0.717) is 49.8 Å². The first-order valence-electron chi connectivity index (χ1n) is 10.2. The summed E-state index contributed by atoms with van der Waals surface area (Å²) in [5, 5.41) is 11.2. The van der Waals surface area contributed by atoms with Gasteiger partial charge in [-0.1, -0.05) is 29.8 Å². The molecule has 2 aromatic carbocycles. The van der Waals surface area contributed by atoms with Crippen molar-refractivity contribution in [2.45, 2.75) is 19.4 Å². The van der Waals surface area contributed by atoms with E-state index in [1.165, 1.54) is 4.90 Å². The third kappa shape index (κ3) is 4.01. The summed E-state index contributed by atoms with van der Waals surface area (Å²) in [5.41, 5.74) is 2.25. The molecule has 7 heteroatoms. The smallest absolute Gasteiger partial charge is 0.295 e. The minimum absolute atomic E-state index is 0.0738. The van der Waals surface area contributed by atoms with E-state index in [1.807, 2.05) is 31.2 Å². The normalized spacial score (nSPS) is 19.7. The number of methoxy groups -OCH3 is 1. The molecular weight excluding hydrogens is 398 g/mol. The van der Waals surface area contributed by atoms with Gasteiger partial charge in [0.05, 0.1) is 11.6 Å². The van der Waals surface area contributed by atoms with Crippen LogP contribution in [0.15, 0.2) is 48.0 Å². The van der Waals surface area contributed by atoms with E-state index in [1.54, 1.807) is 25.3 Å². The second kappa shape index (κ2) is 8.81. The number of amides is 1. The lowest BCUT2D eigenvalue weighted by Gasteiger charge is -2.25. The average molecular weight is 423 g/mol. The molecule has 2 aromatic rings. The van der Waals surface area contributed by atoms with Crippen molar-refractivity contribution in [1.29, 1.82) is 0 Å². The molecule has 31 heavy (non-hydrogen) atoms. The molecular formula is C24H25NO6. The second-order valence-corrected chi connectivity index (χ2v) is 7.61. The number of hydrogen-bond acceptors (Lipinski definition) is 6. The van der Waals surface area contributed by atoms with Crippen LogP contribution in [-0.2, 0) is 14.3 Å². The Kier molecular flexibility index (Phi) is 5.95. The molecule has 2 heterocycles. The zero-order chi connectivity index (χ0) is 22.0. The van der Waals surface area contributed by atoms with Crippen LogP contribution in [0.1, 0.15) is 29.2 Å². The van der Waals surface area contributed by atoms with Gasteiger partial charge in [-0.25, -0.2) is 0 Å². The Morgan fingerprint density at radius 2 is 1.90 bits per heavy atom. The number of aliphatic hydroxyl groups is 1. The van der Waals surface area contributed by atoms with Crippen LogP contribution in [0.4, 0.5) is 0 Å². The third-order valence-electron chi connectivity index (χ3n) is 5.46. The number of ether oxygens (including phenoxy) is 3. The predicted octanol–water partition coefficient (Wildman–Crippen LogP) is 3.22. The van der Waals surface area contributed by atoms with Crippen LogP contribution in [0.25, 0.3) is 5.76 Å². The Balaban J connectivity index is 1.81. The fourth-order valence-corrected chi connectivity index (χ4v) is 4.02. The fraction of sp³-hybridized carbons (Fsp3) is 0.333. The van der Waals surface area contributed by atoms with E-state index in [9.17, 15) is 14.7 Å². The van der Waals surface area contributed by atoms with Gasteiger partial charge in [0.15, 0.2) is 11.5 Å². The number of likely N-dealkylation sites (tertiary alicyclic amines) is 1. The first-order chi connectivity index (χ1) is 15.0. The van der Waals surface area contributed by atoms with Crippen molar-refractivity contribution < 1.29 is 28.9 Å². The molecule has 4 rings (SSSR count). The largest absolute Gasteiger partial charge is 0.507 e. The summed E-state index contributed by atoms with van der Waals surface area (Å²) in [5.74, 6) is -0.469. The summed E-state index contributed by atoms with van der Waals surface area (Å²) in [7, 11) is 1.59. The number of hydrogen-bond donors (Lipinski definition) is 1. The Bertz CT molecular complexity index is 1040. The van der Waals surface area contributed by atoms with E-state index in [2.05, 4.69) is 0 Å². The maximum Gasteiger partial charge on any atom is 0.295 e. The van der Waals surface area contributed by atoms with Gasteiger partial charge < -0.3 is 24.2 Å². The topological polar surface area (TPSA) is 85.3 Å². The molecule has 2 aliphatic rings. The highest BCUT2D eigenvalue weighted by atomic mass is 16.6. The number of nitrogens with zero attached hydrogens (tertiary/aromatic N) is 1.